The van der Waals surface area contributed by atoms with E-state index in [2.05, 4.69) is 5.32 Å². The molecule has 3 radical (unpaired) electrons. The highest BCUT2D eigenvalue weighted by atomic mass is 32.2. The van der Waals surface area contributed by atoms with Crippen molar-refractivity contribution in [1.82, 2.24) is 23.4 Å². The van der Waals surface area contributed by atoms with Gasteiger partial charge in [-0.05, 0) is 41.5 Å². The fourth-order valence-electron chi connectivity index (χ4n) is 3.89. The third-order valence-electron chi connectivity index (χ3n) is 6.29. The van der Waals surface area contributed by atoms with Crippen LogP contribution in [0, 0.1) is 0 Å². The average molecular weight is 833 g/mol. The van der Waals surface area contributed by atoms with Crippen LogP contribution in [-0.2, 0) is 54.3 Å². The Morgan fingerprint density at radius 1 is 0.741 bits per heavy atom. The molecule has 54 heavy (non-hydrogen) atoms. The lowest BCUT2D eigenvalue weighted by molar-refractivity contribution is -0.512. The molecule has 0 saturated carbocycles. The number of amides is 2. The molecule has 0 bridgehead atoms. The normalized spacial score (nSPS) is 17.2. The van der Waals surface area contributed by atoms with E-state index >= 15 is 0 Å². The predicted molar refractivity (Wildman–Crippen MR) is 200 cm³/mol. The summed E-state index contributed by atoms with van der Waals surface area (Å²) < 4.78 is 100. The number of carbonyl (C=O) groups is 2. The molecule has 3 fully saturated rings. The molecular formula is C29H57BN8O13S3+. The summed E-state index contributed by atoms with van der Waals surface area (Å²) in [5.41, 5.74) is -0.655. The minimum Gasteiger partial charge on any atom is -0.443 e. The number of morpholine rings is 3. The lowest BCUT2D eigenvalue weighted by atomic mass is 10.2. The SMILES string of the molecule is C1COCCN1.CC(C)(C)OC(=O)NS(=O)(=O)N1CCOCC1.CN(C)c1cc[n+](S(=O)(=O)NC(=O)OC(C)(C)C)cc1.NS(=O)(=O)N1CCOCC1.[B]. The quantitative estimate of drug-likeness (QED) is 0.188. The Kier molecular flexibility index (Phi) is 22.0. The molecule has 0 aliphatic carbocycles. The Morgan fingerprint density at radius 3 is 1.44 bits per heavy atom. The first-order valence-electron chi connectivity index (χ1n) is 16.5. The first kappa shape index (κ1) is 51.1. The van der Waals surface area contributed by atoms with Crippen LogP contribution in [0.3, 0.4) is 0 Å². The van der Waals surface area contributed by atoms with Crippen LogP contribution in [0.15, 0.2) is 24.5 Å². The molecule has 25 heteroatoms. The Balaban J connectivity index is 0.000000742. The smallest absolute Gasteiger partial charge is 0.443 e. The largest absolute Gasteiger partial charge is 0.474 e. The van der Waals surface area contributed by atoms with Crippen molar-refractivity contribution in [3.8, 4) is 0 Å². The van der Waals surface area contributed by atoms with E-state index < -0.39 is 54.0 Å². The monoisotopic (exact) mass is 832 g/mol. The van der Waals surface area contributed by atoms with Gasteiger partial charge in [-0.1, -0.05) is 3.97 Å². The number of nitrogens with zero attached hydrogens (tertiary/aromatic N) is 4. The lowest BCUT2D eigenvalue weighted by Crippen LogP contribution is -2.52. The van der Waals surface area contributed by atoms with Crippen LogP contribution in [0.4, 0.5) is 15.3 Å². The number of anilines is 1. The van der Waals surface area contributed by atoms with Gasteiger partial charge < -0.3 is 33.9 Å². The molecule has 1 aromatic heterocycles. The van der Waals surface area contributed by atoms with Gasteiger partial charge in [0.15, 0.2) is 12.4 Å². The molecule has 3 saturated heterocycles. The van der Waals surface area contributed by atoms with Crippen molar-refractivity contribution in [3.05, 3.63) is 24.5 Å². The second-order valence-electron chi connectivity index (χ2n) is 13.4. The number of hydrogen-bond donors (Lipinski definition) is 4. The van der Waals surface area contributed by atoms with Gasteiger partial charge in [0, 0.05) is 79.6 Å². The van der Waals surface area contributed by atoms with Crippen molar-refractivity contribution in [2.24, 2.45) is 5.14 Å². The van der Waals surface area contributed by atoms with Crippen molar-refractivity contribution in [2.45, 2.75) is 52.7 Å². The van der Waals surface area contributed by atoms with Gasteiger partial charge >= 0.3 is 32.6 Å². The zero-order valence-electron chi connectivity index (χ0n) is 32.3. The molecule has 4 heterocycles. The molecule has 3 aliphatic heterocycles. The third kappa shape index (κ3) is 22.5. The number of nitrogens with one attached hydrogen (secondary N) is 3. The van der Waals surface area contributed by atoms with E-state index in [1.807, 2.05) is 28.4 Å². The van der Waals surface area contributed by atoms with Gasteiger partial charge in [-0.3, -0.25) is 0 Å². The standard InChI is InChI=1S/C12H19N3O4S.C9H18N2O5S.C4H10N2O3S.C4H9NO.B/c1-12(2,3)19-11(16)13-20(17,18)15-8-6-10(7-9-15)14(4)5;1-9(2,3)16-8(12)10-17(13,14)11-4-6-15-7-5-11;5-10(7,8)6-1-3-9-4-2-6;1-3-6-4-2-5-1;/h6-9H,1-5H3;4-7H2,1-3H3,(H,10,12);1-4H2,(H2,5,7,8);5H,1-4H2;/p+1. The predicted octanol–water partition coefficient (Wildman–Crippen LogP) is -1.51. The average Bonchev–Trinajstić information content (AvgIpc) is 3.05. The summed E-state index contributed by atoms with van der Waals surface area (Å²) in [5, 5.41) is 8.01. The molecule has 0 aromatic carbocycles. The second kappa shape index (κ2) is 23.3. The Labute approximate surface area is 322 Å². The van der Waals surface area contributed by atoms with Crippen LogP contribution in [-0.4, -0.2) is 159 Å². The summed E-state index contributed by atoms with van der Waals surface area (Å²) in [6, 6.07) is 3.24. The Morgan fingerprint density at radius 2 is 1.13 bits per heavy atom. The summed E-state index contributed by atoms with van der Waals surface area (Å²) in [4.78, 5) is 24.7. The van der Waals surface area contributed by atoms with Crippen molar-refractivity contribution >= 4 is 56.9 Å². The van der Waals surface area contributed by atoms with Gasteiger partial charge in [0.25, 0.3) is 10.2 Å². The maximum absolute atomic E-state index is 11.9. The van der Waals surface area contributed by atoms with Crippen molar-refractivity contribution in [1.29, 1.82) is 0 Å². The molecule has 3 aliphatic rings. The van der Waals surface area contributed by atoms with Gasteiger partial charge in [-0.2, -0.15) is 30.2 Å². The number of pyridine rings is 1. The molecule has 0 spiro atoms. The fraction of sp³-hybridized carbons (Fsp3) is 0.759. The first-order chi connectivity index (χ1) is 24.3. The van der Waals surface area contributed by atoms with E-state index in [4.69, 9.17) is 28.8 Å². The number of nitrogens with two attached hydrogens (primary N) is 1. The number of hydrogen-bond acceptors (Lipinski definition) is 15. The van der Waals surface area contributed by atoms with Gasteiger partial charge in [0.1, 0.15) is 11.2 Å². The van der Waals surface area contributed by atoms with Crippen LogP contribution >= 0.6 is 0 Å². The highest BCUT2D eigenvalue weighted by Crippen LogP contribution is 2.10. The number of aromatic nitrogens is 1. The molecule has 0 unspecified atom stereocenters. The van der Waals surface area contributed by atoms with Gasteiger partial charge in [-0.15, -0.1) is 8.42 Å². The molecule has 2 amide bonds. The van der Waals surface area contributed by atoms with E-state index in [0.717, 1.165) is 40.3 Å². The summed E-state index contributed by atoms with van der Waals surface area (Å²) >= 11 is 0. The van der Waals surface area contributed by atoms with Crippen LogP contribution in [0.25, 0.3) is 0 Å². The Hall–Kier alpha value is -2.88. The molecule has 1 aromatic rings. The highest BCUT2D eigenvalue weighted by molar-refractivity contribution is 7.87. The van der Waals surface area contributed by atoms with Crippen LogP contribution in [0.5, 0.6) is 0 Å². The van der Waals surface area contributed by atoms with Gasteiger partial charge in [-0.25, -0.2) is 19.5 Å². The molecule has 4 rings (SSSR count). The van der Waals surface area contributed by atoms with Gasteiger partial charge in [0.2, 0.25) is 0 Å². The number of rotatable bonds is 6. The van der Waals surface area contributed by atoms with Crippen LogP contribution < -0.4 is 28.8 Å². The minimum absolute atomic E-state index is 0. The van der Waals surface area contributed by atoms with E-state index in [0.29, 0.717) is 39.5 Å². The fourth-order valence-corrected chi connectivity index (χ4v) is 6.36. The number of carbonyl (C=O) groups excluding carboxylic acids is 2. The third-order valence-corrected chi connectivity index (χ3v) is 10.1. The van der Waals surface area contributed by atoms with Crippen LogP contribution in [0.1, 0.15) is 41.5 Å². The first-order valence-corrected chi connectivity index (χ1v) is 20.9. The zero-order chi connectivity index (χ0) is 40.5. The maximum Gasteiger partial charge on any atom is 0.474 e. The summed E-state index contributed by atoms with van der Waals surface area (Å²) in [5.74, 6) is 0. The minimum atomic E-state index is -4.00. The summed E-state index contributed by atoms with van der Waals surface area (Å²) in [6.45, 7) is 16.5. The van der Waals surface area contributed by atoms with E-state index in [1.165, 1.54) is 16.7 Å². The van der Waals surface area contributed by atoms with E-state index in [-0.39, 0.29) is 21.5 Å². The summed E-state index contributed by atoms with van der Waals surface area (Å²) in [7, 11) is -7.62. The Bertz CT molecular complexity index is 1580. The maximum atomic E-state index is 11.9. The molecule has 0 atom stereocenters. The molecule has 311 valence electrons. The lowest BCUT2D eigenvalue weighted by Gasteiger charge is -2.26. The van der Waals surface area contributed by atoms with Crippen molar-refractivity contribution in [3.63, 3.8) is 0 Å². The van der Waals surface area contributed by atoms with Crippen molar-refractivity contribution < 1.29 is 62.5 Å². The van der Waals surface area contributed by atoms with Gasteiger partial charge in [0.05, 0.1) is 39.6 Å². The van der Waals surface area contributed by atoms with E-state index in [9.17, 15) is 34.8 Å². The number of ether oxygens (including phenoxy) is 5. The highest BCUT2D eigenvalue weighted by Gasteiger charge is 2.29. The summed E-state index contributed by atoms with van der Waals surface area (Å²) in [6.07, 6.45) is 0.718. The second-order valence-corrected chi connectivity index (χ2v) is 18.2. The van der Waals surface area contributed by atoms with Crippen molar-refractivity contribution in [2.75, 3.05) is 97.9 Å². The molecule has 21 nitrogen and oxygen atoms in total. The van der Waals surface area contributed by atoms with Crippen LogP contribution in [0.2, 0.25) is 0 Å². The molecular weight excluding hydrogens is 775 g/mol. The zero-order valence-corrected chi connectivity index (χ0v) is 34.7. The van der Waals surface area contributed by atoms with E-state index in [1.54, 1.807) is 53.7 Å². The molecule has 5 N–H and O–H groups in total. The topological polar surface area (TPSA) is 258 Å².